The maximum absolute atomic E-state index is 12.1. The molecule has 1 aromatic carbocycles. The van der Waals surface area contributed by atoms with Gasteiger partial charge in [0.2, 0.25) is 0 Å². The highest BCUT2D eigenvalue weighted by atomic mass is 19.4. The van der Waals surface area contributed by atoms with E-state index in [9.17, 15) is 18.0 Å². The highest BCUT2D eigenvalue weighted by molar-refractivity contribution is 5.97. The predicted octanol–water partition coefficient (Wildman–Crippen LogP) is 1.49. The summed E-state index contributed by atoms with van der Waals surface area (Å²) in [6.07, 6.45) is -6.52. The van der Waals surface area contributed by atoms with Gasteiger partial charge in [-0.3, -0.25) is 14.8 Å². The summed E-state index contributed by atoms with van der Waals surface area (Å²) in [6, 6.07) is 8.51. The Bertz CT molecular complexity index is 422. The second-order valence-electron chi connectivity index (χ2n) is 3.72. The van der Waals surface area contributed by atoms with Crippen molar-refractivity contribution in [3.8, 4) is 0 Å². The van der Waals surface area contributed by atoms with Crippen LogP contribution in [0.5, 0.6) is 0 Å². The molecule has 0 aromatic heterocycles. The topological polar surface area (TPSA) is 41.6 Å². The lowest BCUT2D eigenvalue weighted by molar-refractivity contribution is -0.341. The number of alkyl halides is 3. The first-order valence-corrected chi connectivity index (χ1v) is 5.32. The zero-order valence-corrected chi connectivity index (χ0v) is 9.28. The van der Waals surface area contributed by atoms with Crippen molar-refractivity contribution in [1.29, 1.82) is 0 Å². The number of benzene rings is 1. The van der Waals surface area contributed by atoms with E-state index >= 15 is 0 Å². The van der Waals surface area contributed by atoms with Crippen molar-refractivity contribution in [2.75, 3.05) is 18.0 Å². The monoisotopic (exact) mass is 260 g/mol. The number of nitrogens with one attached hydrogen (secondary N) is 1. The molecule has 1 aromatic rings. The third kappa shape index (κ3) is 2.99. The summed E-state index contributed by atoms with van der Waals surface area (Å²) in [4.78, 5) is 13.1. The van der Waals surface area contributed by atoms with Gasteiger partial charge >= 0.3 is 6.36 Å². The van der Waals surface area contributed by atoms with Crippen molar-refractivity contribution in [2.45, 2.75) is 12.6 Å². The van der Waals surface area contributed by atoms with E-state index in [-0.39, 0.29) is 6.54 Å². The fourth-order valence-electron chi connectivity index (χ4n) is 1.74. The number of piperazine rings is 1. The van der Waals surface area contributed by atoms with Crippen LogP contribution in [0.1, 0.15) is 0 Å². The summed E-state index contributed by atoms with van der Waals surface area (Å²) in [5, 5.41) is 2.39. The van der Waals surface area contributed by atoms with Gasteiger partial charge in [-0.15, -0.1) is 13.2 Å². The van der Waals surface area contributed by atoms with Crippen molar-refractivity contribution in [2.24, 2.45) is 0 Å². The quantitative estimate of drug-likeness (QED) is 0.875. The summed E-state index contributed by atoms with van der Waals surface area (Å²) in [7, 11) is 0. The maximum atomic E-state index is 12.1. The molecule has 0 spiro atoms. The number of ether oxygens (including phenoxy) is 1. The van der Waals surface area contributed by atoms with Crippen LogP contribution in [0.2, 0.25) is 0 Å². The molecule has 1 fully saturated rings. The molecule has 1 amide bonds. The van der Waals surface area contributed by atoms with Gasteiger partial charge in [0.15, 0.2) is 6.23 Å². The molecule has 98 valence electrons. The summed E-state index contributed by atoms with van der Waals surface area (Å²) >= 11 is 0. The van der Waals surface area contributed by atoms with Gasteiger partial charge in [-0.05, 0) is 12.1 Å². The largest absolute Gasteiger partial charge is 0.524 e. The number of nitrogens with zero attached hydrogens (tertiary/aromatic N) is 1. The van der Waals surface area contributed by atoms with Crippen LogP contribution in [-0.4, -0.2) is 31.6 Å². The smallest absolute Gasteiger partial charge is 0.308 e. The van der Waals surface area contributed by atoms with Gasteiger partial charge in [0.1, 0.15) is 0 Å². The van der Waals surface area contributed by atoms with Crippen molar-refractivity contribution in [3.05, 3.63) is 30.3 Å². The van der Waals surface area contributed by atoms with E-state index in [0.717, 1.165) is 0 Å². The Morgan fingerprint density at radius 2 is 1.94 bits per heavy atom. The second-order valence-corrected chi connectivity index (χ2v) is 3.72. The van der Waals surface area contributed by atoms with Gasteiger partial charge in [0, 0.05) is 18.8 Å². The molecule has 0 saturated carbocycles. The SMILES string of the molecule is O=C1C(OC(F)(F)F)NCCN1c1ccccc1. The van der Waals surface area contributed by atoms with Crippen LogP contribution in [0.15, 0.2) is 30.3 Å². The fraction of sp³-hybridized carbons (Fsp3) is 0.364. The molecule has 1 N–H and O–H groups in total. The molecule has 0 bridgehead atoms. The molecule has 1 aliphatic rings. The summed E-state index contributed by atoms with van der Waals surface area (Å²) in [5.74, 6) is -0.746. The number of carbonyl (C=O) groups excluding carboxylic acids is 1. The molecule has 2 rings (SSSR count). The Hall–Kier alpha value is -1.60. The zero-order valence-electron chi connectivity index (χ0n) is 9.28. The zero-order chi connectivity index (χ0) is 13.2. The molecule has 0 aliphatic carbocycles. The molecule has 1 atom stereocenters. The fourth-order valence-corrected chi connectivity index (χ4v) is 1.74. The Kier molecular flexibility index (Phi) is 3.53. The van der Waals surface area contributed by atoms with E-state index in [4.69, 9.17) is 0 Å². The number of anilines is 1. The maximum Gasteiger partial charge on any atom is 0.524 e. The van der Waals surface area contributed by atoms with Gasteiger partial charge in [0.05, 0.1) is 0 Å². The minimum atomic E-state index is -4.84. The standard InChI is InChI=1S/C11H11F3N2O2/c12-11(13,14)18-9-10(17)16(7-6-15-9)8-4-2-1-3-5-8/h1-5,9,15H,6-7H2. The van der Waals surface area contributed by atoms with Crippen molar-refractivity contribution >= 4 is 11.6 Å². The normalized spacial score (nSPS) is 21.2. The van der Waals surface area contributed by atoms with Crippen LogP contribution < -0.4 is 10.2 Å². The van der Waals surface area contributed by atoms with E-state index in [2.05, 4.69) is 10.1 Å². The molecule has 0 radical (unpaired) electrons. The molecule has 1 unspecified atom stereocenters. The minimum Gasteiger partial charge on any atom is -0.308 e. The third-order valence-electron chi connectivity index (χ3n) is 2.47. The van der Waals surface area contributed by atoms with Crippen molar-refractivity contribution in [3.63, 3.8) is 0 Å². The highest BCUT2D eigenvalue weighted by Crippen LogP contribution is 2.22. The number of hydrogen-bond acceptors (Lipinski definition) is 3. The predicted molar refractivity (Wildman–Crippen MR) is 57.7 cm³/mol. The Morgan fingerprint density at radius 1 is 1.28 bits per heavy atom. The molecule has 4 nitrogen and oxygen atoms in total. The van der Waals surface area contributed by atoms with Gasteiger partial charge in [0.25, 0.3) is 5.91 Å². The minimum absolute atomic E-state index is 0.237. The van der Waals surface area contributed by atoms with Gasteiger partial charge in [-0.25, -0.2) is 0 Å². The Morgan fingerprint density at radius 3 is 2.56 bits per heavy atom. The highest BCUT2D eigenvalue weighted by Gasteiger charge is 2.40. The Labute approximate surface area is 101 Å². The average Bonchev–Trinajstić information content (AvgIpc) is 2.31. The van der Waals surface area contributed by atoms with Crippen LogP contribution in [0.3, 0.4) is 0 Å². The van der Waals surface area contributed by atoms with Gasteiger partial charge < -0.3 is 4.90 Å². The Balaban J connectivity index is 2.12. The third-order valence-corrected chi connectivity index (χ3v) is 2.47. The molecule has 1 saturated heterocycles. The molecular weight excluding hydrogens is 249 g/mol. The molecule has 7 heteroatoms. The van der Waals surface area contributed by atoms with Crippen LogP contribution in [0.25, 0.3) is 0 Å². The number of hydrogen-bond donors (Lipinski definition) is 1. The number of amides is 1. The lowest BCUT2D eigenvalue weighted by atomic mass is 10.2. The van der Waals surface area contributed by atoms with Crippen LogP contribution in [-0.2, 0) is 9.53 Å². The van der Waals surface area contributed by atoms with Gasteiger partial charge in [-0.1, -0.05) is 18.2 Å². The summed E-state index contributed by atoms with van der Waals surface area (Å²) < 4.78 is 40.1. The molecule has 1 heterocycles. The van der Waals surface area contributed by atoms with E-state index in [0.29, 0.717) is 12.2 Å². The first kappa shape index (κ1) is 12.8. The summed E-state index contributed by atoms with van der Waals surface area (Å²) in [5.41, 5.74) is 0.555. The van der Waals surface area contributed by atoms with Crippen LogP contribution in [0, 0.1) is 0 Å². The van der Waals surface area contributed by atoms with Crippen LogP contribution >= 0.6 is 0 Å². The van der Waals surface area contributed by atoms with Crippen molar-refractivity contribution in [1.82, 2.24) is 5.32 Å². The number of halogens is 3. The first-order valence-electron chi connectivity index (χ1n) is 5.32. The number of para-hydroxylation sites is 1. The first-order chi connectivity index (χ1) is 8.47. The molecule has 1 aliphatic heterocycles. The number of carbonyl (C=O) groups is 1. The average molecular weight is 260 g/mol. The lowest BCUT2D eigenvalue weighted by Gasteiger charge is -2.33. The second kappa shape index (κ2) is 4.95. The van der Waals surface area contributed by atoms with Crippen LogP contribution in [0.4, 0.5) is 18.9 Å². The van der Waals surface area contributed by atoms with E-state index in [1.165, 1.54) is 4.90 Å². The molecular formula is C11H11F3N2O2. The lowest BCUT2D eigenvalue weighted by Crippen LogP contribution is -2.57. The van der Waals surface area contributed by atoms with Crippen molar-refractivity contribution < 1.29 is 22.7 Å². The molecule has 18 heavy (non-hydrogen) atoms. The summed E-state index contributed by atoms with van der Waals surface area (Å²) in [6.45, 7) is 0.544. The van der Waals surface area contributed by atoms with E-state index in [1.54, 1.807) is 30.3 Å². The van der Waals surface area contributed by atoms with E-state index < -0.39 is 18.5 Å². The van der Waals surface area contributed by atoms with E-state index in [1.807, 2.05) is 0 Å². The van der Waals surface area contributed by atoms with Gasteiger partial charge in [-0.2, -0.15) is 0 Å². The number of rotatable bonds is 2.